The van der Waals surface area contributed by atoms with Gasteiger partial charge < -0.3 is 9.16 Å². The van der Waals surface area contributed by atoms with Crippen LogP contribution in [0.1, 0.15) is 61.0 Å². The van der Waals surface area contributed by atoms with Gasteiger partial charge in [0.1, 0.15) is 5.75 Å². The lowest BCUT2D eigenvalue weighted by molar-refractivity contribution is -0.143. The van der Waals surface area contributed by atoms with E-state index in [-0.39, 0.29) is 16.4 Å². The third-order valence-electron chi connectivity index (χ3n) is 5.09. The smallest absolute Gasteiger partial charge is 0.316 e. The molecule has 4 heteroatoms. The van der Waals surface area contributed by atoms with Gasteiger partial charge in [-0.3, -0.25) is 4.79 Å². The minimum absolute atomic E-state index is 0.0419. The first-order chi connectivity index (χ1) is 11.6. The summed E-state index contributed by atoms with van der Waals surface area (Å²) >= 11 is 0. The van der Waals surface area contributed by atoms with Gasteiger partial charge in [0.15, 0.2) is 8.32 Å². The van der Waals surface area contributed by atoms with E-state index in [0.29, 0.717) is 12.4 Å². The average Bonchev–Trinajstić information content (AvgIpc) is 2.45. The van der Waals surface area contributed by atoms with Gasteiger partial charge in [0.2, 0.25) is 0 Å². The van der Waals surface area contributed by atoms with Crippen LogP contribution in [0.5, 0.6) is 5.75 Å². The molecule has 1 rings (SSSR count). The molecule has 0 aliphatic heterocycles. The summed E-state index contributed by atoms with van der Waals surface area (Å²) in [5, 5.41) is 0.198. The zero-order valence-corrected chi connectivity index (χ0v) is 19.4. The van der Waals surface area contributed by atoms with Crippen molar-refractivity contribution in [1.29, 1.82) is 0 Å². The number of esters is 1. The maximum atomic E-state index is 12.3. The van der Waals surface area contributed by atoms with E-state index < -0.39 is 13.7 Å². The zero-order chi connectivity index (χ0) is 20.4. The van der Waals surface area contributed by atoms with Gasteiger partial charge in [-0.25, -0.2) is 0 Å². The largest absolute Gasteiger partial charge is 0.426 e. The van der Waals surface area contributed by atoms with Crippen LogP contribution in [-0.2, 0) is 15.6 Å². The summed E-state index contributed by atoms with van der Waals surface area (Å²) in [6, 6.07) is 7.82. The third-order valence-corrected chi connectivity index (χ3v) is 9.56. The molecule has 0 N–H and O–H groups in total. The van der Waals surface area contributed by atoms with Crippen molar-refractivity contribution in [3.05, 3.63) is 29.8 Å². The molecular weight excluding hydrogens is 340 g/mol. The SMILES string of the molecule is CC(C)(CO[Si](C)(C)C(C)(C)C)Cc1ccccc1OC(=O)C(C)(C)C. The molecule has 3 nitrogen and oxygen atoms in total. The van der Waals surface area contributed by atoms with Crippen molar-refractivity contribution < 1.29 is 14.0 Å². The minimum atomic E-state index is -1.78. The molecule has 0 aliphatic carbocycles. The molecule has 0 radical (unpaired) electrons. The van der Waals surface area contributed by atoms with Gasteiger partial charge in [-0.1, -0.05) is 52.8 Å². The molecule has 0 atom stereocenters. The van der Waals surface area contributed by atoms with Gasteiger partial charge in [0.25, 0.3) is 0 Å². The van der Waals surface area contributed by atoms with Crippen LogP contribution in [-0.4, -0.2) is 20.9 Å². The molecule has 0 heterocycles. The molecule has 0 saturated heterocycles. The second-order valence-electron chi connectivity index (χ2n) is 10.6. The van der Waals surface area contributed by atoms with E-state index in [1.54, 1.807) is 0 Å². The monoisotopic (exact) mass is 378 g/mol. The normalized spacial score (nSPS) is 13.6. The van der Waals surface area contributed by atoms with Gasteiger partial charge in [-0.15, -0.1) is 0 Å². The summed E-state index contributed by atoms with van der Waals surface area (Å²) in [6.45, 7) is 22.1. The standard InChI is InChI=1S/C22H38O3Si/c1-20(2,3)19(23)25-18-14-12-11-13-17(18)15-22(7,8)16-24-26(9,10)21(4,5)6/h11-14H,15-16H2,1-10H3. The van der Waals surface area contributed by atoms with Crippen molar-refractivity contribution in [1.82, 2.24) is 0 Å². The van der Waals surface area contributed by atoms with Crippen molar-refractivity contribution >= 4 is 14.3 Å². The molecule has 26 heavy (non-hydrogen) atoms. The fourth-order valence-corrected chi connectivity index (χ4v) is 3.35. The first-order valence-corrected chi connectivity index (χ1v) is 12.4. The predicted octanol–water partition coefficient (Wildman–Crippen LogP) is 6.23. The van der Waals surface area contributed by atoms with Crippen LogP contribution < -0.4 is 4.74 Å². The molecule has 0 spiro atoms. The maximum Gasteiger partial charge on any atom is 0.316 e. The number of hydrogen-bond donors (Lipinski definition) is 0. The average molecular weight is 379 g/mol. The van der Waals surface area contributed by atoms with Crippen LogP contribution in [0.25, 0.3) is 0 Å². The summed E-state index contributed by atoms with van der Waals surface area (Å²) < 4.78 is 12.1. The summed E-state index contributed by atoms with van der Waals surface area (Å²) in [5.74, 6) is 0.452. The van der Waals surface area contributed by atoms with E-state index in [1.807, 2.05) is 45.0 Å². The van der Waals surface area contributed by atoms with Gasteiger partial charge in [0, 0.05) is 6.61 Å². The van der Waals surface area contributed by atoms with Crippen LogP contribution >= 0.6 is 0 Å². The first kappa shape index (κ1) is 22.9. The van der Waals surface area contributed by atoms with Crippen molar-refractivity contribution in [2.24, 2.45) is 10.8 Å². The highest BCUT2D eigenvalue weighted by molar-refractivity contribution is 6.74. The molecule has 0 bridgehead atoms. The summed E-state index contributed by atoms with van der Waals surface area (Å²) in [7, 11) is -1.78. The van der Waals surface area contributed by atoms with E-state index in [4.69, 9.17) is 9.16 Å². The lowest BCUT2D eigenvalue weighted by Crippen LogP contribution is -2.43. The first-order valence-electron chi connectivity index (χ1n) is 9.49. The van der Waals surface area contributed by atoms with Crippen LogP contribution in [0.3, 0.4) is 0 Å². The van der Waals surface area contributed by atoms with Crippen LogP contribution in [0.2, 0.25) is 18.1 Å². The molecule has 0 unspecified atom stereocenters. The fraction of sp³-hybridized carbons (Fsp3) is 0.682. The van der Waals surface area contributed by atoms with Crippen molar-refractivity contribution in [3.8, 4) is 5.75 Å². The van der Waals surface area contributed by atoms with Gasteiger partial charge >= 0.3 is 5.97 Å². The highest BCUT2D eigenvalue weighted by atomic mass is 28.4. The van der Waals surface area contributed by atoms with Crippen molar-refractivity contribution in [3.63, 3.8) is 0 Å². The number of rotatable bonds is 6. The quantitative estimate of drug-likeness (QED) is 0.334. The van der Waals surface area contributed by atoms with E-state index in [0.717, 1.165) is 12.0 Å². The molecule has 0 aromatic heterocycles. The number of benzene rings is 1. The van der Waals surface area contributed by atoms with Gasteiger partial charge in [-0.05, 0) is 62.4 Å². The highest BCUT2D eigenvalue weighted by Crippen LogP contribution is 2.38. The van der Waals surface area contributed by atoms with Gasteiger partial charge in [-0.2, -0.15) is 0 Å². The van der Waals surface area contributed by atoms with Crippen molar-refractivity contribution in [2.45, 2.75) is 79.9 Å². The summed E-state index contributed by atoms with van der Waals surface area (Å²) in [4.78, 5) is 12.3. The number of ether oxygens (including phenoxy) is 1. The Morgan fingerprint density at radius 3 is 2.00 bits per heavy atom. The van der Waals surface area contributed by atoms with E-state index in [2.05, 4.69) is 47.7 Å². The Bertz CT molecular complexity index is 619. The van der Waals surface area contributed by atoms with Gasteiger partial charge in [0.05, 0.1) is 5.41 Å². The zero-order valence-electron chi connectivity index (χ0n) is 18.4. The van der Waals surface area contributed by atoms with E-state index in [1.165, 1.54) is 0 Å². The molecule has 1 aromatic rings. The fourth-order valence-electron chi connectivity index (χ4n) is 2.16. The number of carbonyl (C=O) groups excluding carboxylic acids is 1. The predicted molar refractivity (Wildman–Crippen MR) is 112 cm³/mol. The lowest BCUT2D eigenvalue weighted by atomic mass is 9.86. The summed E-state index contributed by atoms with van der Waals surface area (Å²) in [6.07, 6.45) is 0.801. The molecular formula is C22H38O3Si. The Kier molecular flexibility index (Phi) is 6.92. The summed E-state index contributed by atoms with van der Waals surface area (Å²) in [5.41, 5.74) is 0.488. The second kappa shape index (κ2) is 7.85. The Balaban J connectivity index is 2.89. The third kappa shape index (κ3) is 6.55. The Morgan fingerprint density at radius 1 is 0.962 bits per heavy atom. The molecule has 148 valence electrons. The Hall–Kier alpha value is -1.13. The van der Waals surface area contributed by atoms with Crippen molar-refractivity contribution in [2.75, 3.05) is 6.61 Å². The van der Waals surface area contributed by atoms with E-state index in [9.17, 15) is 4.79 Å². The Morgan fingerprint density at radius 2 is 1.50 bits per heavy atom. The molecule has 0 saturated carbocycles. The molecule has 0 amide bonds. The van der Waals surface area contributed by atoms with E-state index >= 15 is 0 Å². The molecule has 1 aromatic carbocycles. The number of para-hydroxylation sites is 1. The maximum absolute atomic E-state index is 12.3. The number of carbonyl (C=O) groups is 1. The Labute approximate surface area is 161 Å². The molecule has 0 fully saturated rings. The van der Waals surface area contributed by atoms with Crippen LogP contribution in [0, 0.1) is 10.8 Å². The lowest BCUT2D eigenvalue weighted by Gasteiger charge is -2.39. The molecule has 0 aliphatic rings. The minimum Gasteiger partial charge on any atom is -0.426 e. The topological polar surface area (TPSA) is 35.5 Å². The van der Waals surface area contributed by atoms with Crippen LogP contribution in [0.4, 0.5) is 0 Å². The number of hydrogen-bond acceptors (Lipinski definition) is 3. The highest BCUT2D eigenvalue weighted by Gasteiger charge is 2.38. The van der Waals surface area contributed by atoms with Crippen LogP contribution in [0.15, 0.2) is 24.3 Å². The second-order valence-corrected chi connectivity index (χ2v) is 15.4.